The minimum Gasteiger partial charge on any atom is -0.497 e. The fraction of sp³-hybridized carbons (Fsp3) is 0.478. The van der Waals surface area contributed by atoms with Crippen LogP contribution in [0.25, 0.3) is 4.91 Å². The van der Waals surface area contributed by atoms with Crippen molar-refractivity contribution in [3.63, 3.8) is 0 Å². The molecular weight excluding hydrogens is 384 g/mol. The van der Waals surface area contributed by atoms with Gasteiger partial charge in [-0.25, -0.2) is 0 Å². The summed E-state index contributed by atoms with van der Waals surface area (Å²) in [5, 5.41) is 3.23. The molecule has 0 fully saturated rings. The molecule has 1 aliphatic carbocycles. The van der Waals surface area contributed by atoms with Crippen molar-refractivity contribution in [3.05, 3.63) is 46.0 Å². The summed E-state index contributed by atoms with van der Waals surface area (Å²) in [6, 6.07) is 6.10. The molecule has 1 unspecified atom stereocenters. The molecule has 1 aromatic carbocycles. The number of ether oxygens (including phenoxy) is 1. The fourth-order valence-electron chi connectivity index (χ4n) is 3.11. The lowest BCUT2D eigenvalue weighted by molar-refractivity contribution is -0.118. The highest BCUT2D eigenvalue weighted by Crippen LogP contribution is 2.45. The van der Waals surface area contributed by atoms with Crippen LogP contribution in [0.1, 0.15) is 77.3 Å². The van der Waals surface area contributed by atoms with E-state index in [1.165, 1.54) is 30.7 Å². The molecule has 0 radical (unpaired) electrons. The molecule has 5 nitrogen and oxygen atoms in total. The van der Waals surface area contributed by atoms with Crippen LogP contribution in [0, 0.1) is 0 Å². The van der Waals surface area contributed by atoms with Crippen LogP contribution in [-0.4, -0.2) is 18.9 Å². The lowest BCUT2D eigenvalue weighted by atomic mass is 9.83. The number of amides is 2. The van der Waals surface area contributed by atoms with Gasteiger partial charge in [-0.15, -0.1) is 0 Å². The summed E-state index contributed by atoms with van der Waals surface area (Å²) in [5.74, 6) is 0.515. The normalized spacial score (nSPS) is 15.8. The van der Waals surface area contributed by atoms with Crippen molar-refractivity contribution in [1.82, 2.24) is 5.32 Å². The highest BCUT2D eigenvalue weighted by atomic mass is 32.2. The van der Waals surface area contributed by atoms with Crippen LogP contribution < -0.4 is 15.8 Å². The number of benzene rings is 1. The predicted octanol–water partition coefficient (Wildman–Crippen LogP) is 5.33. The number of unbranched alkanes of at least 4 members (excludes halogenated alkanes) is 1. The Bertz CT molecular complexity index is 784. The lowest BCUT2D eigenvalue weighted by Crippen LogP contribution is -2.23. The zero-order chi connectivity index (χ0) is 22.0. The maximum Gasteiger partial charge on any atom is 0.246 e. The minimum atomic E-state index is -0.543. The number of hydrogen-bond acceptors (Lipinski definition) is 4. The molecule has 0 bridgehead atoms. The number of carbonyl (C=O) groups is 2. The molecule has 1 aliphatic rings. The van der Waals surface area contributed by atoms with E-state index in [-0.39, 0.29) is 5.91 Å². The molecule has 1 atom stereocenters. The molecule has 2 rings (SSSR count). The average Bonchev–Trinajstić information content (AvgIpc) is 2.72. The number of fused-ring (bicyclic) bond motifs is 1. The van der Waals surface area contributed by atoms with Gasteiger partial charge < -0.3 is 15.8 Å². The zero-order valence-electron chi connectivity index (χ0n) is 18.4. The van der Waals surface area contributed by atoms with Gasteiger partial charge in [0.05, 0.1) is 12.1 Å². The first-order chi connectivity index (χ1) is 13.9. The van der Waals surface area contributed by atoms with Crippen molar-refractivity contribution >= 4 is 28.5 Å². The predicted molar refractivity (Wildman–Crippen MR) is 123 cm³/mol. The van der Waals surface area contributed by atoms with Crippen molar-refractivity contribution < 1.29 is 14.3 Å². The molecule has 6 heteroatoms. The van der Waals surface area contributed by atoms with E-state index >= 15 is 0 Å². The first-order valence-electron chi connectivity index (χ1n) is 10.2. The van der Waals surface area contributed by atoms with Crippen molar-refractivity contribution in [2.75, 3.05) is 7.11 Å². The van der Waals surface area contributed by atoms with E-state index in [0.29, 0.717) is 16.5 Å². The van der Waals surface area contributed by atoms with Crippen LogP contribution in [0.5, 0.6) is 5.75 Å². The Morgan fingerprint density at radius 2 is 1.97 bits per heavy atom. The Morgan fingerprint density at radius 1 is 1.28 bits per heavy atom. The summed E-state index contributed by atoms with van der Waals surface area (Å²) in [6.07, 6.45) is 6.57. The van der Waals surface area contributed by atoms with Crippen LogP contribution in [-0.2, 0) is 9.59 Å². The van der Waals surface area contributed by atoms with Crippen molar-refractivity contribution in [2.45, 2.75) is 66.2 Å². The summed E-state index contributed by atoms with van der Waals surface area (Å²) >= 11 is 1.38. The van der Waals surface area contributed by atoms with Gasteiger partial charge in [0.25, 0.3) is 0 Å². The van der Waals surface area contributed by atoms with E-state index in [2.05, 4.69) is 30.4 Å². The second-order valence-corrected chi connectivity index (χ2v) is 7.75. The average molecular weight is 419 g/mol. The van der Waals surface area contributed by atoms with Gasteiger partial charge in [0, 0.05) is 17.4 Å². The highest BCUT2D eigenvalue weighted by molar-refractivity contribution is 8.11. The summed E-state index contributed by atoms with van der Waals surface area (Å²) in [7, 11) is 1.67. The number of thioether (sulfide) groups is 1. The number of carbonyl (C=O) groups excluding carboxylic acids is 2. The maximum atomic E-state index is 11.6. The summed E-state index contributed by atoms with van der Waals surface area (Å²) in [6.45, 7) is 9.25. The minimum absolute atomic E-state index is 0.231. The van der Waals surface area contributed by atoms with Crippen molar-refractivity contribution in [3.8, 4) is 5.75 Å². The molecule has 0 spiro atoms. The molecule has 2 amide bonds. The number of methoxy groups -OCH3 is 1. The van der Waals surface area contributed by atoms with Crippen LogP contribution >= 0.6 is 11.8 Å². The Balaban J connectivity index is 0.00000204. The maximum absolute atomic E-state index is 11.6. The van der Waals surface area contributed by atoms with Gasteiger partial charge in [0.2, 0.25) is 11.8 Å². The second kappa shape index (κ2) is 12.4. The Kier molecular flexibility index (Phi) is 10.6. The molecule has 1 aromatic rings. The Labute approximate surface area is 179 Å². The standard InChI is InChI=1S/C21H28N2O3S.C2H6/c1-5-6-7-15-8-11-19(17-10-9-16(26-4)12-18(15)17)27-21(23-14(3)24)13(2)20(22)25;1-2/h9-12,15H,5-8H2,1-4H3,(H2,22,25)(H,23,24);1-2H3/b21-13+;. The Hall–Kier alpha value is -2.21. The topological polar surface area (TPSA) is 81.4 Å². The smallest absolute Gasteiger partial charge is 0.246 e. The van der Waals surface area contributed by atoms with E-state index in [4.69, 9.17) is 10.5 Å². The van der Waals surface area contributed by atoms with Gasteiger partial charge in [0.1, 0.15) is 5.75 Å². The number of allylic oxidation sites excluding steroid dienone is 1. The summed E-state index contributed by atoms with van der Waals surface area (Å²) < 4.78 is 5.42. The molecule has 160 valence electrons. The molecule has 0 aromatic heterocycles. The molecule has 29 heavy (non-hydrogen) atoms. The third kappa shape index (κ3) is 6.96. The van der Waals surface area contributed by atoms with Crippen molar-refractivity contribution in [1.29, 1.82) is 0 Å². The largest absolute Gasteiger partial charge is 0.497 e. The second-order valence-electron chi connectivity index (χ2n) is 6.70. The zero-order valence-corrected chi connectivity index (χ0v) is 19.2. The molecule has 3 N–H and O–H groups in total. The van der Waals surface area contributed by atoms with Crippen LogP contribution in [0.2, 0.25) is 0 Å². The van der Waals surface area contributed by atoms with Gasteiger partial charge in [-0.05, 0) is 55.0 Å². The van der Waals surface area contributed by atoms with E-state index < -0.39 is 5.91 Å². The molecule has 0 aliphatic heterocycles. The van der Waals surface area contributed by atoms with Gasteiger partial charge in [-0.1, -0.05) is 51.5 Å². The molecule has 0 heterocycles. The number of rotatable bonds is 8. The number of nitrogens with one attached hydrogen (secondary N) is 1. The Morgan fingerprint density at radius 3 is 2.52 bits per heavy atom. The third-order valence-electron chi connectivity index (χ3n) is 4.67. The van der Waals surface area contributed by atoms with Crippen LogP contribution in [0.4, 0.5) is 0 Å². The monoisotopic (exact) mass is 418 g/mol. The van der Waals surface area contributed by atoms with Gasteiger partial charge in [-0.3, -0.25) is 9.59 Å². The summed E-state index contributed by atoms with van der Waals surface area (Å²) in [5.41, 5.74) is 8.15. The quantitative estimate of drug-likeness (QED) is 0.559. The van der Waals surface area contributed by atoms with Crippen LogP contribution in [0.3, 0.4) is 0 Å². The first kappa shape index (κ1) is 24.8. The number of hydrogen-bond donors (Lipinski definition) is 2. The highest BCUT2D eigenvalue weighted by Gasteiger charge is 2.24. The van der Waals surface area contributed by atoms with Crippen LogP contribution in [0.15, 0.2) is 34.9 Å². The van der Waals surface area contributed by atoms with E-state index in [1.54, 1.807) is 14.0 Å². The molecular formula is C23H34N2O3S. The molecule has 0 saturated heterocycles. The fourth-order valence-corrected chi connectivity index (χ4v) is 4.26. The molecule has 0 saturated carbocycles. The van der Waals surface area contributed by atoms with Gasteiger partial charge >= 0.3 is 0 Å². The van der Waals surface area contributed by atoms with E-state index in [9.17, 15) is 9.59 Å². The number of primary amides is 1. The third-order valence-corrected chi connectivity index (χ3v) is 5.89. The van der Waals surface area contributed by atoms with Gasteiger partial charge in [-0.2, -0.15) is 0 Å². The summed E-state index contributed by atoms with van der Waals surface area (Å²) in [4.78, 5) is 24.2. The lowest BCUT2D eigenvalue weighted by Gasteiger charge is -2.26. The SMILES string of the molecule is CC.CCCCC1CC=C(S/C(NC(C)=O)=C(\C)C(N)=O)c2ccc(OC)cc21. The van der Waals surface area contributed by atoms with Gasteiger partial charge in [0.15, 0.2) is 0 Å². The first-order valence-corrected chi connectivity index (χ1v) is 11.0. The van der Waals surface area contributed by atoms with E-state index in [0.717, 1.165) is 35.5 Å². The number of nitrogens with two attached hydrogens (primary N) is 1. The van der Waals surface area contributed by atoms with Crippen molar-refractivity contribution in [2.24, 2.45) is 5.73 Å². The van der Waals surface area contributed by atoms with E-state index in [1.807, 2.05) is 19.9 Å².